The molecule has 32 heavy (non-hydrogen) atoms. The number of amides is 1. The molecule has 0 aliphatic heterocycles. The maximum absolute atomic E-state index is 12.9. The van der Waals surface area contributed by atoms with Crippen molar-refractivity contribution in [2.45, 2.75) is 0 Å². The normalized spacial score (nSPS) is 10.8. The van der Waals surface area contributed by atoms with Gasteiger partial charge in [0, 0.05) is 11.6 Å². The number of halogens is 1. The Hall–Kier alpha value is -4.62. The Morgan fingerprint density at radius 1 is 1.03 bits per heavy atom. The number of carbonyl (C=O) groups is 1. The zero-order valence-electron chi connectivity index (χ0n) is 16.2. The molecule has 1 aromatic carbocycles. The summed E-state index contributed by atoms with van der Waals surface area (Å²) in [6.07, 6.45) is 7.46. The van der Waals surface area contributed by atoms with Gasteiger partial charge in [-0.05, 0) is 30.3 Å². The SMILES string of the molecule is N#Cc1c(C(=O)Nc2cnc(-n3nccn3)c(Cl)c2)cnn1-c1cccc2ncccc12. The summed E-state index contributed by atoms with van der Waals surface area (Å²) in [7, 11) is 0. The van der Waals surface area contributed by atoms with Crippen molar-refractivity contribution >= 4 is 34.1 Å². The Kier molecular flexibility index (Phi) is 4.78. The number of nitriles is 1. The van der Waals surface area contributed by atoms with Crippen molar-refractivity contribution in [1.29, 1.82) is 5.26 Å². The van der Waals surface area contributed by atoms with Crippen LogP contribution in [0.4, 0.5) is 5.69 Å². The molecule has 4 heterocycles. The van der Waals surface area contributed by atoms with Crippen molar-refractivity contribution in [2.24, 2.45) is 0 Å². The number of pyridine rings is 2. The molecule has 0 aliphatic carbocycles. The van der Waals surface area contributed by atoms with Crippen molar-refractivity contribution in [3.8, 4) is 17.6 Å². The number of anilines is 1. The first-order chi connectivity index (χ1) is 15.7. The molecule has 0 bridgehead atoms. The van der Waals surface area contributed by atoms with Crippen LogP contribution in [0.3, 0.4) is 0 Å². The van der Waals surface area contributed by atoms with Crippen LogP contribution in [0.25, 0.3) is 22.4 Å². The maximum Gasteiger partial charge on any atom is 0.260 e. The lowest BCUT2D eigenvalue weighted by molar-refractivity contribution is 0.102. The Labute approximate surface area is 185 Å². The van der Waals surface area contributed by atoms with Crippen molar-refractivity contribution in [3.05, 3.63) is 83.7 Å². The largest absolute Gasteiger partial charge is 0.320 e. The quantitative estimate of drug-likeness (QED) is 0.453. The van der Waals surface area contributed by atoms with Gasteiger partial charge in [0.25, 0.3) is 5.91 Å². The minimum absolute atomic E-state index is 0.0928. The fourth-order valence-electron chi connectivity index (χ4n) is 3.25. The van der Waals surface area contributed by atoms with Crippen LogP contribution in [0.15, 0.2) is 67.4 Å². The van der Waals surface area contributed by atoms with Crippen molar-refractivity contribution in [1.82, 2.24) is 34.7 Å². The molecule has 0 fully saturated rings. The summed E-state index contributed by atoms with van der Waals surface area (Å²) in [6.45, 7) is 0. The highest BCUT2D eigenvalue weighted by molar-refractivity contribution is 6.32. The number of aromatic nitrogens is 7. The van der Waals surface area contributed by atoms with E-state index in [1.165, 1.54) is 40.3 Å². The zero-order valence-corrected chi connectivity index (χ0v) is 17.0. The van der Waals surface area contributed by atoms with Gasteiger partial charge in [0.15, 0.2) is 11.5 Å². The maximum atomic E-state index is 12.9. The molecule has 1 N–H and O–H groups in total. The molecule has 0 aliphatic rings. The van der Waals surface area contributed by atoms with Gasteiger partial charge in [0.1, 0.15) is 6.07 Å². The number of fused-ring (bicyclic) bond motifs is 1. The third-order valence-corrected chi connectivity index (χ3v) is 4.94. The van der Waals surface area contributed by atoms with Crippen LogP contribution >= 0.6 is 11.6 Å². The molecule has 5 rings (SSSR count). The number of hydrogen-bond donors (Lipinski definition) is 1. The number of nitrogens with zero attached hydrogens (tertiary/aromatic N) is 8. The molecule has 0 saturated heterocycles. The molecule has 0 radical (unpaired) electrons. The second-order valence-electron chi connectivity index (χ2n) is 6.58. The van der Waals surface area contributed by atoms with E-state index in [1.807, 2.05) is 24.3 Å². The second kappa shape index (κ2) is 7.90. The predicted octanol–water partition coefficient (Wildman–Crippen LogP) is 3.17. The van der Waals surface area contributed by atoms with Gasteiger partial charge in [-0.2, -0.15) is 20.6 Å². The van der Waals surface area contributed by atoms with Gasteiger partial charge in [0.05, 0.1) is 52.3 Å². The monoisotopic (exact) mass is 441 g/mol. The van der Waals surface area contributed by atoms with Crippen LogP contribution in [0.5, 0.6) is 0 Å². The topological polar surface area (TPSA) is 127 Å². The highest BCUT2D eigenvalue weighted by Gasteiger charge is 2.20. The van der Waals surface area contributed by atoms with E-state index in [9.17, 15) is 10.1 Å². The van der Waals surface area contributed by atoms with Gasteiger partial charge in [0.2, 0.25) is 0 Å². The highest BCUT2D eigenvalue weighted by Crippen LogP contribution is 2.24. The molecular formula is C21H12ClN9O. The number of benzene rings is 1. The Morgan fingerprint density at radius 3 is 2.66 bits per heavy atom. The lowest BCUT2D eigenvalue weighted by Crippen LogP contribution is -2.14. The summed E-state index contributed by atoms with van der Waals surface area (Å²) >= 11 is 6.26. The molecule has 4 aromatic heterocycles. The molecule has 0 saturated carbocycles. The first kappa shape index (κ1) is 19.3. The standard InChI is InChI=1S/C21H12ClN9O/c22-16-9-13(11-25-20(16)31-26-7-8-27-31)29-21(32)15-12-28-30(19(15)10-23)18-5-1-4-17-14(18)3-2-6-24-17/h1-9,11-12H,(H,29,32). The van der Waals surface area contributed by atoms with E-state index in [2.05, 4.69) is 36.7 Å². The highest BCUT2D eigenvalue weighted by atomic mass is 35.5. The molecular weight excluding hydrogens is 430 g/mol. The van der Waals surface area contributed by atoms with Gasteiger partial charge < -0.3 is 5.32 Å². The summed E-state index contributed by atoms with van der Waals surface area (Å²) in [4.78, 5) is 22.7. The minimum atomic E-state index is -0.519. The van der Waals surface area contributed by atoms with E-state index in [0.717, 1.165) is 10.9 Å². The molecule has 0 spiro atoms. The van der Waals surface area contributed by atoms with E-state index >= 15 is 0 Å². The van der Waals surface area contributed by atoms with Gasteiger partial charge in [-0.3, -0.25) is 9.78 Å². The van der Waals surface area contributed by atoms with Crippen molar-refractivity contribution < 1.29 is 4.79 Å². The first-order valence-electron chi connectivity index (χ1n) is 9.31. The average molecular weight is 442 g/mol. The van der Waals surface area contributed by atoms with E-state index < -0.39 is 5.91 Å². The number of hydrogen-bond acceptors (Lipinski definition) is 7. The molecule has 0 unspecified atom stereocenters. The number of rotatable bonds is 4. The molecule has 0 atom stereocenters. The van der Waals surface area contributed by atoms with E-state index in [1.54, 1.807) is 12.3 Å². The summed E-state index contributed by atoms with van der Waals surface area (Å²) < 4.78 is 1.43. The fourth-order valence-corrected chi connectivity index (χ4v) is 3.49. The lowest BCUT2D eigenvalue weighted by Gasteiger charge is -2.08. The van der Waals surface area contributed by atoms with Gasteiger partial charge in [-0.25, -0.2) is 9.67 Å². The third-order valence-electron chi connectivity index (χ3n) is 4.66. The molecule has 11 heteroatoms. The first-order valence-corrected chi connectivity index (χ1v) is 9.69. The summed E-state index contributed by atoms with van der Waals surface area (Å²) in [5, 5.41) is 25.8. The number of nitrogens with one attached hydrogen (secondary N) is 1. The lowest BCUT2D eigenvalue weighted by atomic mass is 10.1. The summed E-state index contributed by atoms with van der Waals surface area (Å²) in [5.74, 6) is -0.196. The fraction of sp³-hybridized carbons (Fsp3) is 0. The van der Waals surface area contributed by atoms with Crippen LogP contribution in [0.2, 0.25) is 5.02 Å². The van der Waals surface area contributed by atoms with Crippen LogP contribution in [0.1, 0.15) is 16.1 Å². The predicted molar refractivity (Wildman–Crippen MR) is 116 cm³/mol. The van der Waals surface area contributed by atoms with Crippen molar-refractivity contribution in [3.63, 3.8) is 0 Å². The third kappa shape index (κ3) is 3.32. The minimum Gasteiger partial charge on any atom is -0.320 e. The molecule has 1 amide bonds. The Balaban J connectivity index is 1.47. The molecule has 5 aromatic rings. The average Bonchev–Trinajstić information content (AvgIpc) is 3.49. The Bertz CT molecular complexity index is 1500. The Morgan fingerprint density at radius 2 is 1.88 bits per heavy atom. The second-order valence-corrected chi connectivity index (χ2v) is 6.99. The van der Waals surface area contributed by atoms with Crippen LogP contribution in [-0.4, -0.2) is 40.6 Å². The van der Waals surface area contributed by atoms with Crippen LogP contribution < -0.4 is 5.32 Å². The van der Waals surface area contributed by atoms with Gasteiger partial charge in [-0.15, -0.1) is 4.80 Å². The van der Waals surface area contributed by atoms with Crippen molar-refractivity contribution in [2.75, 3.05) is 5.32 Å². The zero-order chi connectivity index (χ0) is 22.1. The van der Waals surface area contributed by atoms with Gasteiger partial charge >= 0.3 is 0 Å². The number of carbonyl (C=O) groups excluding carboxylic acids is 1. The summed E-state index contributed by atoms with van der Waals surface area (Å²) in [5.41, 5.74) is 1.95. The van der Waals surface area contributed by atoms with E-state index in [0.29, 0.717) is 17.2 Å². The van der Waals surface area contributed by atoms with Crippen LogP contribution in [0, 0.1) is 11.3 Å². The van der Waals surface area contributed by atoms with E-state index in [-0.39, 0.29) is 16.3 Å². The molecule has 154 valence electrons. The van der Waals surface area contributed by atoms with Gasteiger partial charge in [-0.1, -0.05) is 17.7 Å². The van der Waals surface area contributed by atoms with Crippen LogP contribution in [-0.2, 0) is 0 Å². The summed E-state index contributed by atoms with van der Waals surface area (Å²) in [6, 6.07) is 12.8. The molecule has 10 nitrogen and oxygen atoms in total. The smallest absolute Gasteiger partial charge is 0.260 e. The van der Waals surface area contributed by atoms with E-state index in [4.69, 9.17) is 11.6 Å².